The van der Waals surface area contributed by atoms with E-state index in [2.05, 4.69) is 46.1 Å². The summed E-state index contributed by atoms with van der Waals surface area (Å²) in [5.74, 6) is 3.20. The molecule has 0 saturated carbocycles. The van der Waals surface area contributed by atoms with Crippen molar-refractivity contribution in [2.24, 2.45) is 0 Å². The van der Waals surface area contributed by atoms with E-state index in [1.807, 2.05) is 24.3 Å². The summed E-state index contributed by atoms with van der Waals surface area (Å²) in [6, 6.07) is 12.2. The van der Waals surface area contributed by atoms with Gasteiger partial charge in [0, 0.05) is 42.0 Å². The van der Waals surface area contributed by atoms with Crippen molar-refractivity contribution in [2.75, 3.05) is 47.9 Å². The Hall–Kier alpha value is -3.85. The van der Waals surface area contributed by atoms with E-state index in [9.17, 15) is 4.79 Å². The fourth-order valence-electron chi connectivity index (χ4n) is 5.35. The second kappa shape index (κ2) is 11.1. The Kier molecular flexibility index (Phi) is 7.61. The number of benzene rings is 2. The molecule has 9 nitrogen and oxygen atoms in total. The fraction of sp³-hybridized carbons (Fsp3) is 0.433. The number of carbonyl (C=O) groups is 1. The zero-order chi connectivity index (χ0) is 27.7. The smallest absolute Gasteiger partial charge is 0.247 e. The van der Waals surface area contributed by atoms with Crippen LogP contribution in [0.2, 0.25) is 0 Å². The molecular formula is C30H37N5O4. The van der Waals surface area contributed by atoms with Gasteiger partial charge in [-0.15, -0.1) is 10.2 Å². The predicted molar refractivity (Wildman–Crippen MR) is 151 cm³/mol. The van der Waals surface area contributed by atoms with Gasteiger partial charge < -0.3 is 23.8 Å². The average molecular weight is 532 g/mol. The van der Waals surface area contributed by atoms with Gasteiger partial charge in [-0.25, -0.2) is 0 Å². The molecule has 1 aliphatic heterocycles. The molecule has 206 valence electrons. The number of nitrogens with zero attached hydrogens (tertiary/aromatic N) is 4. The summed E-state index contributed by atoms with van der Waals surface area (Å²) >= 11 is 0. The number of rotatable bonds is 8. The second-order valence-corrected chi connectivity index (χ2v) is 10.7. The number of ether oxygens (including phenoxy) is 2. The molecule has 4 aromatic rings. The summed E-state index contributed by atoms with van der Waals surface area (Å²) in [5.41, 5.74) is 5.26. The Morgan fingerprint density at radius 3 is 2.44 bits per heavy atom. The molecular weight excluding hydrogens is 494 g/mol. The number of hydrogen-bond acceptors (Lipinski definition) is 7. The van der Waals surface area contributed by atoms with Gasteiger partial charge in [0.1, 0.15) is 0 Å². The highest BCUT2D eigenvalue weighted by atomic mass is 16.5. The van der Waals surface area contributed by atoms with Gasteiger partial charge in [-0.3, -0.25) is 9.69 Å². The van der Waals surface area contributed by atoms with Crippen LogP contribution >= 0.6 is 0 Å². The minimum atomic E-state index is 0.128. The number of aromatic nitrogens is 3. The van der Waals surface area contributed by atoms with Gasteiger partial charge in [0.05, 0.1) is 26.5 Å². The molecule has 1 aliphatic rings. The Morgan fingerprint density at radius 1 is 1.05 bits per heavy atom. The number of likely N-dealkylation sites (N-methyl/N-ethyl adjacent to an activating group) is 1. The maximum atomic E-state index is 12.0. The number of piperidine rings is 1. The maximum Gasteiger partial charge on any atom is 0.247 e. The first-order valence-corrected chi connectivity index (χ1v) is 13.4. The van der Waals surface area contributed by atoms with Crippen molar-refractivity contribution < 1.29 is 18.7 Å². The molecule has 0 spiro atoms. The van der Waals surface area contributed by atoms with Crippen molar-refractivity contribution in [3.63, 3.8) is 0 Å². The summed E-state index contributed by atoms with van der Waals surface area (Å²) < 4.78 is 17.2. The molecule has 3 heterocycles. The lowest BCUT2D eigenvalue weighted by molar-refractivity contribution is -0.130. The molecule has 0 atom stereocenters. The SMILES string of the molecule is COc1ccc(-c2[nH]c3ccc(-c4nnc(C5CCN(CC(=O)N(C)C)CC5)o4)cc3c2C(C)C)cc1OC. The molecule has 1 saturated heterocycles. The van der Waals surface area contributed by atoms with Crippen molar-refractivity contribution in [3.05, 3.63) is 47.9 Å². The van der Waals surface area contributed by atoms with Crippen molar-refractivity contribution in [1.29, 1.82) is 0 Å². The average Bonchev–Trinajstić information content (AvgIpc) is 3.58. The summed E-state index contributed by atoms with van der Waals surface area (Å²) in [6.07, 6.45) is 1.79. The van der Waals surface area contributed by atoms with E-state index in [0.29, 0.717) is 29.8 Å². The fourth-order valence-corrected chi connectivity index (χ4v) is 5.35. The van der Waals surface area contributed by atoms with Crippen LogP contribution in [-0.4, -0.2) is 78.8 Å². The van der Waals surface area contributed by atoms with Gasteiger partial charge >= 0.3 is 0 Å². The quantitative estimate of drug-likeness (QED) is 0.330. The Morgan fingerprint density at radius 2 is 1.77 bits per heavy atom. The summed E-state index contributed by atoms with van der Waals surface area (Å²) in [5, 5.41) is 9.95. The third-order valence-corrected chi connectivity index (χ3v) is 7.57. The van der Waals surface area contributed by atoms with E-state index in [1.54, 1.807) is 33.2 Å². The number of methoxy groups -OCH3 is 2. The van der Waals surface area contributed by atoms with Gasteiger partial charge in [-0.1, -0.05) is 13.8 Å². The van der Waals surface area contributed by atoms with Gasteiger partial charge in [0.2, 0.25) is 17.7 Å². The first-order chi connectivity index (χ1) is 18.8. The third-order valence-electron chi connectivity index (χ3n) is 7.57. The zero-order valence-corrected chi connectivity index (χ0v) is 23.6. The molecule has 0 bridgehead atoms. The first kappa shape index (κ1) is 26.7. The normalized spacial score (nSPS) is 14.7. The van der Waals surface area contributed by atoms with Crippen LogP contribution in [-0.2, 0) is 4.79 Å². The summed E-state index contributed by atoms with van der Waals surface area (Å²) in [7, 11) is 6.88. The lowest BCUT2D eigenvalue weighted by atomic mass is 9.95. The molecule has 2 aromatic heterocycles. The van der Waals surface area contributed by atoms with Crippen molar-refractivity contribution in [1.82, 2.24) is 25.0 Å². The van der Waals surface area contributed by atoms with Gasteiger partial charge in [0.25, 0.3) is 0 Å². The van der Waals surface area contributed by atoms with Crippen LogP contribution in [0.3, 0.4) is 0 Å². The standard InChI is InChI=1S/C30H37N5O4/c1-18(2)27-22-15-21(7-9-23(22)31-28(27)20-8-10-24(37-5)25(16-20)38-6)30-33-32-29(39-30)19-11-13-35(14-12-19)17-26(36)34(3)4/h7-10,15-16,18-19,31H,11-14,17H2,1-6H3. The van der Waals surface area contributed by atoms with Crippen LogP contribution in [0.25, 0.3) is 33.6 Å². The number of H-pyrrole nitrogens is 1. The van der Waals surface area contributed by atoms with Gasteiger partial charge in [-0.2, -0.15) is 0 Å². The van der Waals surface area contributed by atoms with Gasteiger partial charge in [-0.05, 0) is 73.8 Å². The number of nitrogens with one attached hydrogen (secondary N) is 1. The van der Waals surface area contributed by atoms with Crippen molar-refractivity contribution >= 4 is 16.8 Å². The molecule has 1 fully saturated rings. The topological polar surface area (TPSA) is 96.7 Å². The number of likely N-dealkylation sites (tertiary alicyclic amines) is 1. The van der Waals surface area contributed by atoms with Crippen LogP contribution in [0, 0.1) is 0 Å². The van der Waals surface area contributed by atoms with E-state index < -0.39 is 0 Å². The molecule has 5 rings (SSSR count). The number of aromatic amines is 1. The lowest BCUT2D eigenvalue weighted by Gasteiger charge is -2.30. The Bertz CT molecular complexity index is 1460. The largest absolute Gasteiger partial charge is 0.493 e. The highest BCUT2D eigenvalue weighted by Gasteiger charge is 2.27. The maximum absolute atomic E-state index is 12.0. The molecule has 0 unspecified atom stereocenters. The molecule has 0 aliphatic carbocycles. The van der Waals surface area contributed by atoms with Crippen LogP contribution in [0.1, 0.15) is 50.0 Å². The van der Waals surface area contributed by atoms with Crippen molar-refractivity contribution in [3.8, 4) is 34.2 Å². The molecule has 39 heavy (non-hydrogen) atoms. The second-order valence-electron chi connectivity index (χ2n) is 10.7. The lowest BCUT2D eigenvalue weighted by Crippen LogP contribution is -2.40. The van der Waals surface area contributed by atoms with E-state index in [-0.39, 0.29) is 17.7 Å². The molecule has 1 N–H and O–H groups in total. The number of fused-ring (bicyclic) bond motifs is 1. The van der Waals surface area contributed by atoms with E-state index >= 15 is 0 Å². The molecule has 9 heteroatoms. The van der Waals surface area contributed by atoms with Crippen LogP contribution in [0.15, 0.2) is 40.8 Å². The van der Waals surface area contributed by atoms with Crippen LogP contribution in [0.5, 0.6) is 11.5 Å². The minimum Gasteiger partial charge on any atom is -0.493 e. The van der Waals surface area contributed by atoms with E-state index in [0.717, 1.165) is 53.7 Å². The summed E-state index contributed by atoms with van der Waals surface area (Å²) in [6.45, 7) is 6.53. The molecule has 1 amide bonds. The first-order valence-electron chi connectivity index (χ1n) is 13.4. The zero-order valence-electron chi connectivity index (χ0n) is 23.6. The monoisotopic (exact) mass is 531 g/mol. The number of hydrogen-bond donors (Lipinski definition) is 1. The van der Waals surface area contributed by atoms with Crippen molar-refractivity contribution in [2.45, 2.75) is 38.5 Å². The predicted octanol–water partition coefficient (Wildman–Crippen LogP) is 5.29. The number of carbonyl (C=O) groups excluding carboxylic acids is 1. The highest BCUT2D eigenvalue weighted by molar-refractivity contribution is 5.94. The Labute approximate surface area is 229 Å². The molecule has 0 radical (unpaired) electrons. The Balaban J connectivity index is 1.40. The van der Waals surface area contributed by atoms with Crippen LogP contribution < -0.4 is 9.47 Å². The highest BCUT2D eigenvalue weighted by Crippen LogP contribution is 2.40. The minimum absolute atomic E-state index is 0.128. The van der Waals surface area contributed by atoms with Gasteiger partial charge in [0.15, 0.2) is 11.5 Å². The summed E-state index contributed by atoms with van der Waals surface area (Å²) in [4.78, 5) is 19.5. The van der Waals surface area contributed by atoms with Crippen LogP contribution in [0.4, 0.5) is 0 Å². The van der Waals surface area contributed by atoms with E-state index in [4.69, 9.17) is 13.9 Å². The molecule has 2 aromatic carbocycles. The van der Waals surface area contributed by atoms with E-state index in [1.165, 1.54) is 5.56 Å². The number of amides is 1. The third kappa shape index (κ3) is 5.36.